The minimum absolute atomic E-state index is 0.0667. The van der Waals surface area contributed by atoms with E-state index >= 15 is 4.39 Å². The molecule has 1 aromatic heterocycles. The molecule has 2 fully saturated rings. The Morgan fingerprint density at radius 3 is 2.56 bits per heavy atom. The Hall–Kier alpha value is -2.52. The minimum atomic E-state index is -1.42. The first kappa shape index (κ1) is 17.9. The van der Waals surface area contributed by atoms with Gasteiger partial charge < -0.3 is 19.8 Å². The zero-order valence-corrected chi connectivity index (χ0v) is 14.7. The Morgan fingerprint density at radius 2 is 1.96 bits per heavy atom. The number of carboxylic acid groups (broad SMARTS) is 1. The number of benzene rings is 1. The fourth-order valence-corrected chi connectivity index (χ4v) is 3.67. The minimum Gasteiger partial charge on any atom is -0.477 e. The first-order valence-corrected chi connectivity index (χ1v) is 8.80. The Bertz CT molecular complexity index is 1000. The highest BCUT2D eigenvalue weighted by molar-refractivity contribution is 5.94. The largest absolute Gasteiger partial charge is 0.477 e. The molecule has 1 saturated carbocycles. The first-order chi connectivity index (χ1) is 12.8. The van der Waals surface area contributed by atoms with Crippen molar-refractivity contribution >= 4 is 22.6 Å². The molecule has 144 valence electrons. The molecule has 4 rings (SSSR count). The number of nitrogens with zero attached hydrogens (tertiary/aromatic N) is 3. The highest BCUT2D eigenvalue weighted by Crippen LogP contribution is 2.39. The standard InChI is InChI=1S/C18H19F2N3O4/c1-9-7-21(4-5-23(9)27)16-13(19)6-11-15(14(16)20)22(10-2-3-10)8-12(17(11)24)18(25)26/h6,8-10,27H,2-5,7H2,1H3,(H,25,26). The van der Waals surface area contributed by atoms with E-state index in [1.165, 1.54) is 9.47 Å². The fraction of sp³-hybridized carbons (Fsp3) is 0.444. The molecule has 7 nitrogen and oxygen atoms in total. The van der Waals surface area contributed by atoms with E-state index < -0.39 is 28.6 Å². The molecule has 0 radical (unpaired) electrons. The van der Waals surface area contributed by atoms with Gasteiger partial charge in [0.1, 0.15) is 17.1 Å². The van der Waals surface area contributed by atoms with Crippen molar-refractivity contribution < 1.29 is 23.9 Å². The number of hydroxylamine groups is 2. The fourth-order valence-electron chi connectivity index (χ4n) is 3.67. The summed E-state index contributed by atoms with van der Waals surface area (Å²) in [6.07, 6.45) is 2.64. The van der Waals surface area contributed by atoms with Gasteiger partial charge in [-0.3, -0.25) is 4.79 Å². The average Bonchev–Trinajstić information content (AvgIpc) is 3.43. The van der Waals surface area contributed by atoms with Crippen LogP contribution in [0, 0.1) is 11.6 Å². The van der Waals surface area contributed by atoms with Gasteiger partial charge in [-0.2, -0.15) is 5.06 Å². The Balaban J connectivity index is 1.96. The quantitative estimate of drug-likeness (QED) is 0.851. The van der Waals surface area contributed by atoms with Crippen LogP contribution in [-0.4, -0.2) is 51.6 Å². The molecule has 2 N–H and O–H groups in total. The molecule has 1 unspecified atom stereocenters. The molecule has 0 spiro atoms. The Kier molecular flexibility index (Phi) is 4.15. The monoisotopic (exact) mass is 379 g/mol. The summed E-state index contributed by atoms with van der Waals surface area (Å²) < 4.78 is 31.7. The predicted molar refractivity (Wildman–Crippen MR) is 93.5 cm³/mol. The number of carboxylic acids is 1. The summed E-state index contributed by atoms with van der Waals surface area (Å²) in [5, 5.41) is 19.8. The number of hydrogen-bond donors (Lipinski definition) is 2. The van der Waals surface area contributed by atoms with Crippen LogP contribution >= 0.6 is 0 Å². The van der Waals surface area contributed by atoms with Crippen LogP contribution in [0.5, 0.6) is 0 Å². The number of piperazine rings is 1. The molecule has 0 bridgehead atoms. The van der Waals surface area contributed by atoms with Crippen molar-refractivity contribution in [1.29, 1.82) is 0 Å². The van der Waals surface area contributed by atoms with E-state index in [9.17, 15) is 24.3 Å². The van der Waals surface area contributed by atoms with Crippen LogP contribution in [0.15, 0.2) is 17.1 Å². The van der Waals surface area contributed by atoms with E-state index in [-0.39, 0.29) is 48.3 Å². The maximum atomic E-state index is 15.4. The number of rotatable bonds is 3. The Labute approximate surface area is 153 Å². The highest BCUT2D eigenvalue weighted by atomic mass is 19.1. The van der Waals surface area contributed by atoms with Gasteiger partial charge in [-0.25, -0.2) is 13.6 Å². The summed E-state index contributed by atoms with van der Waals surface area (Å²) in [6.45, 7) is 2.41. The van der Waals surface area contributed by atoms with E-state index in [1.54, 1.807) is 6.92 Å². The topological polar surface area (TPSA) is 86.0 Å². The van der Waals surface area contributed by atoms with E-state index in [1.807, 2.05) is 0 Å². The second kappa shape index (κ2) is 6.28. The molecule has 2 aliphatic rings. The maximum absolute atomic E-state index is 15.4. The second-order valence-electron chi connectivity index (χ2n) is 7.19. The molecule has 0 amide bonds. The summed E-state index contributed by atoms with van der Waals surface area (Å²) in [5.74, 6) is -3.21. The summed E-state index contributed by atoms with van der Waals surface area (Å²) in [5.41, 5.74) is -1.71. The number of halogens is 2. The van der Waals surface area contributed by atoms with Crippen molar-refractivity contribution in [2.24, 2.45) is 0 Å². The van der Waals surface area contributed by atoms with Crippen molar-refractivity contribution in [2.45, 2.75) is 31.8 Å². The molecule has 1 atom stereocenters. The van der Waals surface area contributed by atoms with Crippen molar-refractivity contribution in [1.82, 2.24) is 9.63 Å². The lowest BCUT2D eigenvalue weighted by molar-refractivity contribution is -0.125. The van der Waals surface area contributed by atoms with Crippen molar-refractivity contribution in [3.63, 3.8) is 0 Å². The van der Waals surface area contributed by atoms with Gasteiger partial charge in [0.15, 0.2) is 5.82 Å². The number of hydrogen-bond acceptors (Lipinski definition) is 5. The van der Waals surface area contributed by atoms with Crippen LogP contribution < -0.4 is 10.3 Å². The van der Waals surface area contributed by atoms with Crippen LogP contribution in [-0.2, 0) is 0 Å². The van der Waals surface area contributed by atoms with Gasteiger partial charge in [-0.05, 0) is 25.8 Å². The van der Waals surface area contributed by atoms with Gasteiger partial charge in [0.25, 0.3) is 0 Å². The van der Waals surface area contributed by atoms with Crippen LogP contribution in [0.25, 0.3) is 10.9 Å². The van der Waals surface area contributed by atoms with Gasteiger partial charge in [0, 0.05) is 37.9 Å². The first-order valence-electron chi connectivity index (χ1n) is 8.80. The third-order valence-corrected chi connectivity index (χ3v) is 5.26. The third-order valence-electron chi connectivity index (χ3n) is 5.26. The summed E-state index contributed by atoms with van der Waals surface area (Å²) in [4.78, 5) is 25.4. The van der Waals surface area contributed by atoms with E-state index in [0.717, 1.165) is 30.2 Å². The smallest absolute Gasteiger partial charge is 0.341 e. The molecule has 27 heavy (non-hydrogen) atoms. The molecule has 1 aliphatic carbocycles. The number of carbonyl (C=O) groups is 1. The molecule has 1 aromatic carbocycles. The maximum Gasteiger partial charge on any atom is 0.341 e. The molecular weight excluding hydrogens is 360 g/mol. The predicted octanol–water partition coefficient (Wildman–Crippen LogP) is 2.21. The van der Waals surface area contributed by atoms with Gasteiger partial charge in [0.2, 0.25) is 5.43 Å². The lowest BCUT2D eigenvalue weighted by Gasteiger charge is -2.37. The van der Waals surface area contributed by atoms with E-state index in [4.69, 9.17) is 0 Å². The summed E-state index contributed by atoms with van der Waals surface area (Å²) in [6, 6.07) is 0.512. The number of anilines is 1. The second-order valence-corrected chi connectivity index (χ2v) is 7.19. The van der Waals surface area contributed by atoms with E-state index in [0.29, 0.717) is 0 Å². The van der Waals surface area contributed by atoms with Gasteiger partial charge in [0.05, 0.1) is 10.9 Å². The van der Waals surface area contributed by atoms with Crippen LogP contribution in [0.1, 0.15) is 36.2 Å². The molecule has 1 aliphatic heterocycles. The Morgan fingerprint density at radius 1 is 1.26 bits per heavy atom. The zero-order chi connectivity index (χ0) is 19.5. The van der Waals surface area contributed by atoms with Crippen molar-refractivity contribution in [3.8, 4) is 0 Å². The van der Waals surface area contributed by atoms with Crippen LogP contribution in [0.4, 0.5) is 14.5 Å². The third kappa shape index (κ3) is 2.87. The summed E-state index contributed by atoms with van der Waals surface area (Å²) in [7, 11) is 0. The van der Waals surface area contributed by atoms with Crippen LogP contribution in [0.3, 0.4) is 0 Å². The van der Waals surface area contributed by atoms with Crippen molar-refractivity contribution in [3.05, 3.63) is 39.7 Å². The zero-order valence-electron chi connectivity index (χ0n) is 14.7. The molecule has 1 saturated heterocycles. The van der Waals surface area contributed by atoms with Gasteiger partial charge >= 0.3 is 5.97 Å². The molecule has 2 aromatic rings. The normalized spacial score (nSPS) is 21.0. The van der Waals surface area contributed by atoms with E-state index in [2.05, 4.69) is 0 Å². The van der Waals surface area contributed by atoms with Gasteiger partial charge in [-0.15, -0.1) is 0 Å². The highest BCUT2D eigenvalue weighted by Gasteiger charge is 2.32. The average molecular weight is 379 g/mol. The van der Waals surface area contributed by atoms with Gasteiger partial charge in [-0.1, -0.05) is 0 Å². The number of aromatic nitrogens is 1. The lowest BCUT2D eigenvalue weighted by Crippen LogP contribution is -2.51. The molecule has 9 heteroatoms. The number of aromatic carboxylic acids is 1. The number of fused-ring (bicyclic) bond motifs is 1. The SMILES string of the molecule is CC1CN(c2c(F)cc3c(=O)c(C(=O)O)cn(C4CC4)c3c2F)CCN1O. The molecular formula is C18H19F2N3O4. The number of pyridine rings is 1. The van der Waals surface area contributed by atoms with Crippen molar-refractivity contribution in [2.75, 3.05) is 24.5 Å². The van der Waals surface area contributed by atoms with Crippen LogP contribution in [0.2, 0.25) is 0 Å². The molecule has 2 heterocycles. The summed E-state index contributed by atoms with van der Waals surface area (Å²) >= 11 is 0. The lowest BCUT2D eigenvalue weighted by atomic mass is 10.1.